The largest absolute Gasteiger partial charge is 0.497 e. The quantitative estimate of drug-likeness (QED) is 0.191. The lowest BCUT2D eigenvalue weighted by molar-refractivity contribution is 0.192. The fourth-order valence-corrected chi connectivity index (χ4v) is 3.61. The van der Waals surface area contributed by atoms with Gasteiger partial charge in [0.05, 0.1) is 19.7 Å². The van der Waals surface area contributed by atoms with Crippen LogP contribution in [0.15, 0.2) is 29.3 Å². The maximum Gasteiger partial charge on any atom is 0.191 e. The molecule has 0 radical (unpaired) electrons. The minimum absolute atomic E-state index is 0. The van der Waals surface area contributed by atoms with Gasteiger partial charge in [0.25, 0.3) is 0 Å². The van der Waals surface area contributed by atoms with Crippen molar-refractivity contribution in [1.29, 1.82) is 0 Å². The van der Waals surface area contributed by atoms with Crippen LogP contribution < -0.4 is 15.4 Å². The zero-order chi connectivity index (χ0) is 20.0. The van der Waals surface area contributed by atoms with Crippen molar-refractivity contribution < 1.29 is 9.47 Å². The number of rotatable bonds is 12. The van der Waals surface area contributed by atoms with Crippen LogP contribution in [0, 0.1) is 0 Å². The van der Waals surface area contributed by atoms with E-state index in [2.05, 4.69) is 40.7 Å². The average Bonchev–Trinajstić information content (AvgIpc) is 3.25. The van der Waals surface area contributed by atoms with E-state index >= 15 is 0 Å². The average molecular weight is 518 g/mol. The number of aliphatic imine (C=N–C) groups is 1. The van der Waals surface area contributed by atoms with Crippen molar-refractivity contribution in [2.24, 2.45) is 4.99 Å². The molecule has 0 aliphatic carbocycles. The maximum absolute atomic E-state index is 5.44. The predicted molar refractivity (Wildman–Crippen MR) is 132 cm³/mol. The van der Waals surface area contributed by atoms with Crippen molar-refractivity contribution >= 4 is 29.9 Å². The lowest BCUT2D eigenvalue weighted by atomic mass is 10.1. The molecular formula is C22H39IN4O2. The summed E-state index contributed by atoms with van der Waals surface area (Å²) in [5.74, 6) is 1.81. The number of hydrogen-bond donors (Lipinski definition) is 2. The molecule has 1 saturated heterocycles. The second kappa shape index (κ2) is 15.7. The van der Waals surface area contributed by atoms with Gasteiger partial charge in [-0.05, 0) is 69.8 Å². The predicted octanol–water partition coefficient (Wildman–Crippen LogP) is 3.82. The number of guanidine groups is 1. The Balaban J connectivity index is 0.00000420. The first-order valence-corrected chi connectivity index (χ1v) is 10.7. The van der Waals surface area contributed by atoms with Gasteiger partial charge in [-0.3, -0.25) is 9.89 Å². The van der Waals surface area contributed by atoms with Crippen LogP contribution in [-0.4, -0.2) is 64.4 Å². The molecule has 1 aromatic rings. The smallest absolute Gasteiger partial charge is 0.191 e. The molecule has 6 nitrogen and oxygen atoms in total. The van der Waals surface area contributed by atoms with E-state index in [4.69, 9.17) is 14.5 Å². The van der Waals surface area contributed by atoms with E-state index in [-0.39, 0.29) is 30.0 Å². The molecule has 1 heterocycles. The molecule has 0 amide bonds. The number of benzene rings is 1. The Kier molecular flexibility index (Phi) is 14.1. The Labute approximate surface area is 193 Å². The number of nitrogens with zero attached hydrogens (tertiary/aromatic N) is 2. The maximum atomic E-state index is 5.44. The van der Waals surface area contributed by atoms with Crippen LogP contribution in [0.25, 0.3) is 0 Å². The van der Waals surface area contributed by atoms with E-state index in [1.54, 1.807) is 14.2 Å². The molecule has 29 heavy (non-hydrogen) atoms. The van der Waals surface area contributed by atoms with E-state index in [0.717, 1.165) is 63.9 Å². The number of unbranched alkanes of at least 4 members (excludes halogenated alkanes) is 2. The standard InChI is InChI=1S/C22H38N4O2.HI/c1-4-23-22(24-13-6-5-9-16-27-2)25-18-21(26-14-7-8-15-26)19-11-10-12-20(17-19)28-3;/h10-12,17,21H,4-9,13-16,18H2,1-3H3,(H2,23,24,25);1H. The second-order valence-corrected chi connectivity index (χ2v) is 7.24. The Hall–Kier alpha value is -1.06. The highest BCUT2D eigenvalue weighted by molar-refractivity contribution is 14.0. The van der Waals surface area contributed by atoms with Crippen molar-refractivity contribution in [1.82, 2.24) is 15.5 Å². The molecule has 1 aromatic carbocycles. The fraction of sp³-hybridized carbons (Fsp3) is 0.682. The number of nitrogens with one attached hydrogen (secondary N) is 2. The Morgan fingerprint density at radius 2 is 1.93 bits per heavy atom. The molecule has 0 bridgehead atoms. The number of methoxy groups -OCH3 is 2. The van der Waals surface area contributed by atoms with Gasteiger partial charge in [-0.15, -0.1) is 24.0 Å². The summed E-state index contributed by atoms with van der Waals surface area (Å²) in [6.45, 7) is 7.77. The van der Waals surface area contributed by atoms with Crippen LogP contribution in [-0.2, 0) is 4.74 Å². The van der Waals surface area contributed by atoms with Crippen LogP contribution >= 0.6 is 24.0 Å². The van der Waals surface area contributed by atoms with Crippen molar-refractivity contribution in [2.45, 2.75) is 45.1 Å². The molecule has 1 aliphatic rings. The van der Waals surface area contributed by atoms with Crippen LogP contribution in [0.3, 0.4) is 0 Å². The minimum Gasteiger partial charge on any atom is -0.497 e. The molecule has 1 unspecified atom stereocenters. The van der Waals surface area contributed by atoms with E-state index in [1.165, 1.54) is 24.8 Å². The first-order valence-electron chi connectivity index (χ1n) is 10.7. The van der Waals surface area contributed by atoms with Crippen molar-refractivity contribution in [2.75, 3.05) is 53.6 Å². The molecule has 0 saturated carbocycles. The summed E-state index contributed by atoms with van der Waals surface area (Å²) >= 11 is 0. The van der Waals surface area contributed by atoms with Gasteiger partial charge in [0.15, 0.2) is 5.96 Å². The summed E-state index contributed by atoms with van der Waals surface area (Å²) in [5.41, 5.74) is 1.28. The normalized spacial score (nSPS) is 15.6. The van der Waals surface area contributed by atoms with Gasteiger partial charge < -0.3 is 20.1 Å². The highest BCUT2D eigenvalue weighted by atomic mass is 127. The van der Waals surface area contributed by atoms with E-state index in [9.17, 15) is 0 Å². The third-order valence-electron chi connectivity index (χ3n) is 5.14. The number of hydrogen-bond acceptors (Lipinski definition) is 4. The molecule has 166 valence electrons. The van der Waals surface area contributed by atoms with Gasteiger partial charge in [-0.2, -0.15) is 0 Å². The van der Waals surface area contributed by atoms with Gasteiger partial charge >= 0.3 is 0 Å². The molecule has 2 rings (SSSR count). The molecule has 0 aromatic heterocycles. The van der Waals surface area contributed by atoms with Crippen LogP contribution in [0.5, 0.6) is 5.75 Å². The molecule has 7 heteroatoms. The third-order valence-corrected chi connectivity index (χ3v) is 5.14. The van der Waals surface area contributed by atoms with Crippen LogP contribution in [0.4, 0.5) is 0 Å². The molecule has 1 aliphatic heterocycles. The van der Waals surface area contributed by atoms with Crippen LogP contribution in [0.2, 0.25) is 0 Å². The highest BCUT2D eigenvalue weighted by Gasteiger charge is 2.23. The summed E-state index contributed by atoms with van der Waals surface area (Å²) in [6, 6.07) is 8.70. The van der Waals surface area contributed by atoms with Gasteiger partial charge in [-0.25, -0.2) is 0 Å². The summed E-state index contributed by atoms with van der Waals surface area (Å²) in [4.78, 5) is 7.46. The Morgan fingerprint density at radius 3 is 2.62 bits per heavy atom. The highest BCUT2D eigenvalue weighted by Crippen LogP contribution is 2.27. The first kappa shape index (κ1) is 26.0. The summed E-state index contributed by atoms with van der Waals surface area (Å²) < 4.78 is 10.5. The van der Waals surface area contributed by atoms with Gasteiger partial charge in [0, 0.05) is 26.8 Å². The van der Waals surface area contributed by atoms with Gasteiger partial charge in [0.2, 0.25) is 0 Å². The number of likely N-dealkylation sites (tertiary alicyclic amines) is 1. The van der Waals surface area contributed by atoms with Crippen molar-refractivity contribution in [3.8, 4) is 5.75 Å². The zero-order valence-corrected chi connectivity index (χ0v) is 20.6. The molecule has 0 spiro atoms. The Morgan fingerprint density at radius 1 is 1.14 bits per heavy atom. The van der Waals surface area contributed by atoms with Crippen molar-refractivity contribution in [3.05, 3.63) is 29.8 Å². The lowest BCUT2D eigenvalue weighted by Crippen LogP contribution is -2.38. The molecular weight excluding hydrogens is 479 g/mol. The Bertz CT molecular complexity index is 580. The first-order chi connectivity index (χ1) is 13.8. The second-order valence-electron chi connectivity index (χ2n) is 7.24. The molecule has 2 N–H and O–H groups in total. The SMILES string of the molecule is CCNC(=NCC(c1cccc(OC)c1)N1CCCC1)NCCCCCOC.I. The summed E-state index contributed by atoms with van der Waals surface area (Å²) in [7, 11) is 3.48. The van der Waals surface area contributed by atoms with E-state index in [0.29, 0.717) is 0 Å². The third kappa shape index (κ3) is 9.53. The monoisotopic (exact) mass is 518 g/mol. The number of ether oxygens (including phenoxy) is 2. The lowest BCUT2D eigenvalue weighted by Gasteiger charge is -2.27. The summed E-state index contributed by atoms with van der Waals surface area (Å²) in [6.07, 6.45) is 5.94. The van der Waals surface area contributed by atoms with Gasteiger partial charge in [0.1, 0.15) is 5.75 Å². The molecule has 1 atom stereocenters. The van der Waals surface area contributed by atoms with Crippen molar-refractivity contribution in [3.63, 3.8) is 0 Å². The summed E-state index contributed by atoms with van der Waals surface area (Å²) in [5, 5.41) is 6.85. The van der Waals surface area contributed by atoms with E-state index in [1.807, 2.05) is 6.07 Å². The van der Waals surface area contributed by atoms with Gasteiger partial charge in [-0.1, -0.05) is 12.1 Å². The topological polar surface area (TPSA) is 58.1 Å². The van der Waals surface area contributed by atoms with E-state index < -0.39 is 0 Å². The van der Waals surface area contributed by atoms with Crippen LogP contribution in [0.1, 0.15) is 50.6 Å². The fourth-order valence-electron chi connectivity index (χ4n) is 3.61. The number of halogens is 1. The molecule has 1 fully saturated rings. The minimum atomic E-state index is 0. The zero-order valence-electron chi connectivity index (χ0n) is 18.3.